The van der Waals surface area contributed by atoms with E-state index in [9.17, 15) is 0 Å². The van der Waals surface area contributed by atoms with E-state index in [0.29, 0.717) is 0 Å². The maximum absolute atomic E-state index is 4.53. The minimum atomic E-state index is 0.742. The smallest absolute Gasteiger partial charge is 0.0659 e. The Bertz CT molecular complexity index is 632. The predicted octanol–water partition coefficient (Wildman–Crippen LogP) is 1.41. The molecule has 128 valence electrons. The number of benzene rings is 1. The number of nitrogens with zero attached hydrogens (tertiary/aromatic N) is 4. The fourth-order valence-corrected chi connectivity index (χ4v) is 3.90. The van der Waals surface area contributed by atoms with Gasteiger partial charge in [-0.1, -0.05) is 30.3 Å². The molecule has 2 saturated heterocycles. The predicted molar refractivity (Wildman–Crippen MR) is 95.9 cm³/mol. The van der Waals surface area contributed by atoms with E-state index in [1.807, 2.05) is 6.20 Å². The lowest BCUT2D eigenvalue weighted by atomic mass is 10.2. The van der Waals surface area contributed by atoms with Gasteiger partial charge in [0.1, 0.15) is 0 Å². The highest BCUT2D eigenvalue weighted by molar-refractivity contribution is 5.15. The van der Waals surface area contributed by atoms with Crippen molar-refractivity contribution in [1.29, 1.82) is 0 Å². The van der Waals surface area contributed by atoms with Gasteiger partial charge in [0.15, 0.2) is 0 Å². The first-order valence-electron chi connectivity index (χ1n) is 9.09. The standard InChI is InChI=1S/C19H27N5/c1-2-4-17(5-3-1)14-24-15-18(12-21-24)13-22-9-6-19(16-22)23-10-7-20-8-11-23/h1-5,12,15,19-20H,6-11,13-14,16H2. The van der Waals surface area contributed by atoms with E-state index in [1.54, 1.807) is 0 Å². The third-order valence-corrected chi connectivity index (χ3v) is 5.20. The fourth-order valence-electron chi connectivity index (χ4n) is 3.90. The Morgan fingerprint density at radius 2 is 1.83 bits per heavy atom. The Kier molecular flexibility index (Phi) is 4.92. The van der Waals surface area contributed by atoms with Crippen LogP contribution in [0.2, 0.25) is 0 Å². The molecule has 1 N–H and O–H groups in total. The summed E-state index contributed by atoms with van der Waals surface area (Å²) in [6, 6.07) is 11.3. The summed E-state index contributed by atoms with van der Waals surface area (Å²) in [5.74, 6) is 0. The van der Waals surface area contributed by atoms with Gasteiger partial charge in [-0.25, -0.2) is 0 Å². The molecule has 3 heterocycles. The number of piperazine rings is 1. The normalized spacial score (nSPS) is 22.9. The zero-order valence-electron chi connectivity index (χ0n) is 14.3. The average molecular weight is 325 g/mol. The van der Waals surface area contributed by atoms with E-state index in [4.69, 9.17) is 0 Å². The fraction of sp³-hybridized carbons (Fsp3) is 0.526. The summed E-state index contributed by atoms with van der Waals surface area (Å²) in [7, 11) is 0. The molecule has 5 nitrogen and oxygen atoms in total. The highest BCUT2D eigenvalue weighted by Gasteiger charge is 2.28. The van der Waals surface area contributed by atoms with Crippen molar-refractivity contribution < 1.29 is 0 Å². The molecule has 0 spiro atoms. The Morgan fingerprint density at radius 3 is 2.67 bits per heavy atom. The quantitative estimate of drug-likeness (QED) is 0.902. The van der Waals surface area contributed by atoms with Crippen LogP contribution >= 0.6 is 0 Å². The number of hydrogen-bond donors (Lipinski definition) is 1. The second-order valence-electron chi connectivity index (χ2n) is 7.00. The van der Waals surface area contributed by atoms with Gasteiger partial charge in [0.2, 0.25) is 0 Å². The van der Waals surface area contributed by atoms with E-state index in [1.165, 1.54) is 43.7 Å². The molecule has 2 fully saturated rings. The first-order valence-corrected chi connectivity index (χ1v) is 9.09. The third kappa shape index (κ3) is 3.86. The van der Waals surface area contributed by atoms with Crippen molar-refractivity contribution in [2.24, 2.45) is 0 Å². The molecule has 1 aromatic carbocycles. The van der Waals surface area contributed by atoms with Gasteiger partial charge in [0.05, 0.1) is 12.7 Å². The van der Waals surface area contributed by atoms with E-state index in [0.717, 1.165) is 32.2 Å². The van der Waals surface area contributed by atoms with Crippen molar-refractivity contribution in [3.8, 4) is 0 Å². The first-order chi connectivity index (χ1) is 11.9. The lowest BCUT2D eigenvalue weighted by molar-refractivity contribution is 0.170. The van der Waals surface area contributed by atoms with E-state index in [-0.39, 0.29) is 0 Å². The van der Waals surface area contributed by atoms with Crippen molar-refractivity contribution >= 4 is 0 Å². The average Bonchev–Trinajstić information content (AvgIpc) is 3.27. The molecule has 0 radical (unpaired) electrons. The van der Waals surface area contributed by atoms with Crippen LogP contribution < -0.4 is 5.32 Å². The Labute approximate surface area is 144 Å². The van der Waals surface area contributed by atoms with E-state index < -0.39 is 0 Å². The van der Waals surface area contributed by atoms with Gasteiger partial charge in [0.25, 0.3) is 0 Å². The van der Waals surface area contributed by atoms with Crippen molar-refractivity contribution in [3.05, 3.63) is 53.9 Å². The van der Waals surface area contributed by atoms with Gasteiger partial charge in [-0.3, -0.25) is 14.5 Å². The summed E-state index contributed by atoms with van der Waals surface area (Å²) < 4.78 is 2.05. The molecular formula is C19H27N5. The summed E-state index contributed by atoms with van der Waals surface area (Å²) in [6.45, 7) is 8.97. The van der Waals surface area contributed by atoms with Crippen LogP contribution in [0.25, 0.3) is 0 Å². The number of aromatic nitrogens is 2. The van der Waals surface area contributed by atoms with Gasteiger partial charge in [0, 0.05) is 63.6 Å². The molecule has 1 unspecified atom stereocenters. The van der Waals surface area contributed by atoms with E-state index >= 15 is 0 Å². The molecule has 5 heteroatoms. The van der Waals surface area contributed by atoms with Crippen LogP contribution in [-0.2, 0) is 13.1 Å². The molecule has 1 atom stereocenters. The van der Waals surface area contributed by atoms with Gasteiger partial charge in [-0.15, -0.1) is 0 Å². The molecule has 0 saturated carbocycles. The number of nitrogens with one attached hydrogen (secondary N) is 1. The lowest BCUT2D eigenvalue weighted by Gasteiger charge is -2.32. The van der Waals surface area contributed by atoms with Crippen LogP contribution in [0, 0.1) is 0 Å². The zero-order chi connectivity index (χ0) is 16.2. The van der Waals surface area contributed by atoms with Crippen molar-refractivity contribution in [3.63, 3.8) is 0 Å². The highest BCUT2D eigenvalue weighted by atomic mass is 15.3. The Hall–Kier alpha value is -1.69. The molecular weight excluding hydrogens is 298 g/mol. The Morgan fingerprint density at radius 1 is 1.00 bits per heavy atom. The molecule has 0 bridgehead atoms. The van der Waals surface area contributed by atoms with Gasteiger partial charge < -0.3 is 5.32 Å². The van der Waals surface area contributed by atoms with Gasteiger partial charge in [-0.2, -0.15) is 5.10 Å². The topological polar surface area (TPSA) is 36.3 Å². The maximum atomic E-state index is 4.53. The summed E-state index contributed by atoms with van der Waals surface area (Å²) in [5, 5.41) is 7.98. The number of rotatable bonds is 5. The molecule has 2 aliphatic rings. The van der Waals surface area contributed by atoms with Crippen LogP contribution in [0.4, 0.5) is 0 Å². The molecule has 4 rings (SSSR count). The third-order valence-electron chi connectivity index (χ3n) is 5.20. The minimum absolute atomic E-state index is 0.742. The highest BCUT2D eigenvalue weighted by Crippen LogP contribution is 2.18. The van der Waals surface area contributed by atoms with Crippen molar-refractivity contribution in [2.75, 3.05) is 39.3 Å². The second-order valence-corrected chi connectivity index (χ2v) is 7.00. The van der Waals surface area contributed by atoms with Crippen LogP contribution in [-0.4, -0.2) is 64.9 Å². The van der Waals surface area contributed by atoms with Crippen LogP contribution in [0.15, 0.2) is 42.7 Å². The monoisotopic (exact) mass is 325 g/mol. The molecule has 0 amide bonds. The first kappa shape index (κ1) is 15.8. The van der Waals surface area contributed by atoms with Crippen molar-refractivity contribution in [1.82, 2.24) is 24.9 Å². The maximum Gasteiger partial charge on any atom is 0.0659 e. The summed E-state index contributed by atoms with van der Waals surface area (Å²) >= 11 is 0. The SMILES string of the molecule is c1ccc(Cn2cc(CN3CCC(N4CCNCC4)C3)cn2)cc1. The van der Waals surface area contributed by atoms with Gasteiger partial charge in [-0.05, 0) is 12.0 Å². The summed E-state index contributed by atoms with van der Waals surface area (Å²) in [4.78, 5) is 5.24. The minimum Gasteiger partial charge on any atom is -0.314 e. The van der Waals surface area contributed by atoms with Crippen molar-refractivity contribution in [2.45, 2.75) is 25.6 Å². The van der Waals surface area contributed by atoms with Crippen LogP contribution in [0.3, 0.4) is 0 Å². The molecule has 24 heavy (non-hydrogen) atoms. The second kappa shape index (κ2) is 7.47. The van der Waals surface area contributed by atoms with E-state index in [2.05, 4.69) is 61.4 Å². The molecule has 2 aromatic rings. The molecule has 1 aromatic heterocycles. The Balaban J connectivity index is 1.30. The lowest BCUT2D eigenvalue weighted by Crippen LogP contribution is -2.49. The van der Waals surface area contributed by atoms with Crippen LogP contribution in [0.5, 0.6) is 0 Å². The zero-order valence-corrected chi connectivity index (χ0v) is 14.3. The summed E-state index contributed by atoms with van der Waals surface area (Å²) in [6.07, 6.45) is 5.53. The molecule has 0 aliphatic carbocycles. The van der Waals surface area contributed by atoms with Crippen LogP contribution in [0.1, 0.15) is 17.5 Å². The van der Waals surface area contributed by atoms with Gasteiger partial charge >= 0.3 is 0 Å². The number of likely N-dealkylation sites (tertiary alicyclic amines) is 1. The number of hydrogen-bond acceptors (Lipinski definition) is 4. The largest absolute Gasteiger partial charge is 0.314 e. The summed E-state index contributed by atoms with van der Waals surface area (Å²) in [5.41, 5.74) is 2.62. The molecule has 2 aliphatic heterocycles.